The molecule has 166 valence electrons. The first-order chi connectivity index (χ1) is 14.6. The lowest BCUT2D eigenvalue weighted by molar-refractivity contribution is -0.384. The van der Waals surface area contributed by atoms with Gasteiger partial charge in [0.1, 0.15) is 11.5 Å². The van der Waals surface area contributed by atoms with Crippen LogP contribution in [0.2, 0.25) is 5.02 Å². The largest absolute Gasteiger partial charge is 0.457 e. The molecule has 0 aliphatic carbocycles. The van der Waals surface area contributed by atoms with Gasteiger partial charge in [-0.1, -0.05) is 23.7 Å². The summed E-state index contributed by atoms with van der Waals surface area (Å²) < 4.78 is 38.3. The van der Waals surface area contributed by atoms with Gasteiger partial charge in [-0.2, -0.15) is 4.31 Å². The first-order valence-corrected chi connectivity index (χ1v) is 11.3. The van der Waals surface area contributed by atoms with Gasteiger partial charge >= 0.3 is 5.97 Å². The molecule has 0 spiro atoms. The summed E-state index contributed by atoms with van der Waals surface area (Å²) >= 11 is 6.14. The standard InChI is InChI=1S/C20H21ClN2O7S/c1-13-10-22(11-14(2)30-13)31(27,28)19-9-16(6-7-18(19)21)20(24)29-12-15-4-3-5-17(8-15)23(25)26/h3-9,13-14H,10-12H2,1-2H3/t13-,14+. The van der Waals surface area contributed by atoms with E-state index in [2.05, 4.69) is 0 Å². The molecule has 1 aliphatic heterocycles. The van der Waals surface area contributed by atoms with Crippen LogP contribution in [-0.2, 0) is 26.1 Å². The SMILES string of the molecule is C[C@@H]1CN(S(=O)(=O)c2cc(C(=O)OCc3cccc([N+](=O)[O-])c3)ccc2Cl)C[C@H](C)O1. The predicted molar refractivity (Wildman–Crippen MR) is 112 cm³/mol. The molecule has 0 aromatic heterocycles. The van der Waals surface area contributed by atoms with Crippen molar-refractivity contribution in [2.45, 2.75) is 37.6 Å². The first-order valence-electron chi connectivity index (χ1n) is 9.43. The Labute approximate surface area is 184 Å². The lowest BCUT2D eigenvalue weighted by Gasteiger charge is -2.34. The summed E-state index contributed by atoms with van der Waals surface area (Å²) in [5.74, 6) is -0.775. The van der Waals surface area contributed by atoms with Crippen molar-refractivity contribution in [1.29, 1.82) is 0 Å². The fourth-order valence-electron chi connectivity index (χ4n) is 3.29. The molecule has 2 atom stereocenters. The van der Waals surface area contributed by atoms with E-state index >= 15 is 0 Å². The van der Waals surface area contributed by atoms with E-state index in [1.165, 1.54) is 40.7 Å². The number of ether oxygens (including phenoxy) is 2. The van der Waals surface area contributed by atoms with E-state index in [0.29, 0.717) is 5.56 Å². The van der Waals surface area contributed by atoms with Gasteiger partial charge in [0.2, 0.25) is 10.0 Å². The maximum atomic E-state index is 13.1. The fourth-order valence-corrected chi connectivity index (χ4v) is 5.38. The highest BCUT2D eigenvalue weighted by molar-refractivity contribution is 7.89. The topological polar surface area (TPSA) is 116 Å². The Morgan fingerprint density at radius 2 is 1.90 bits per heavy atom. The molecule has 0 radical (unpaired) electrons. The molecule has 3 rings (SSSR count). The summed E-state index contributed by atoms with van der Waals surface area (Å²) in [5, 5.41) is 10.9. The van der Waals surface area contributed by atoms with E-state index in [-0.39, 0.29) is 53.1 Å². The van der Waals surface area contributed by atoms with Crippen LogP contribution in [0.3, 0.4) is 0 Å². The highest BCUT2D eigenvalue weighted by Gasteiger charge is 2.34. The number of hydrogen-bond donors (Lipinski definition) is 0. The number of hydrogen-bond acceptors (Lipinski definition) is 7. The highest BCUT2D eigenvalue weighted by atomic mass is 35.5. The van der Waals surface area contributed by atoms with Crippen LogP contribution in [0.1, 0.15) is 29.8 Å². The molecule has 0 unspecified atom stereocenters. The van der Waals surface area contributed by atoms with Crippen LogP contribution in [0.25, 0.3) is 0 Å². The third-order valence-electron chi connectivity index (χ3n) is 4.66. The van der Waals surface area contributed by atoms with Gasteiger partial charge in [-0.25, -0.2) is 13.2 Å². The minimum absolute atomic E-state index is 0.00256. The monoisotopic (exact) mass is 468 g/mol. The summed E-state index contributed by atoms with van der Waals surface area (Å²) in [6, 6.07) is 9.56. The predicted octanol–water partition coefficient (Wildman–Crippen LogP) is 3.40. The molecule has 0 N–H and O–H groups in total. The Morgan fingerprint density at radius 3 is 2.55 bits per heavy atom. The van der Waals surface area contributed by atoms with Crippen LogP contribution in [0.4, 0.5) is 5.69 Å². The molecule has 0 amide bonds. The van der Waals surface area contributed by atoms with Crippen LogP contribution >= 0.6 is 11.6 Å². The van der Waals surface area contributed by atoms with Crippen molar-refractivity contribution in [3.8, 4) is 0 Å². The molecule has 11 heteroatoms. The summed E-state index contributed by atoms with van der Waals surface area (Å²) in [6.07, 6.45) is -0.555. The van der Waals surface area contributed by atoms with Gasteiger partial charge in [0, 0.05) is 25.2 Å². The first kappa shape index (κ1) is 23.1. The number of morpholine rings is 1. The molecule has 0 bridgehead atoms. The van der Waals surface area contributed by atoms with Crippen LogP contribution in [0, 0.1) is 10.1 Å². The number of sulfonamides is 1. The molecule has 9 nitrogen and oxygen atoms in total. The molecule has 1 heterocycles. The van der Waals surface area contributed by atoms with Gasteiger partial charge in [0.25, 0.3) is 5.69 Å². The molecule has 0 saturated carbocycles. The van der Waals surface area contributed by atoms with Gasteiger partial charge in [-0.15, -0.1) is 0 Å². The molecule has 1 saturated heterocycles. The van der Waals surface area contributed by atoms with Gasteiger partial charge in [-0.3, -0.25) is 10.1 Å². The minimum atomic E-state index is -3.96. The summed E-state index contributed by atoms with van der Waals surface area (Å²) in [7, 11) is -3.96. The second-order valence-corrected chi connectivity index (χ2v) is 9.54. The average molecular weight is 469 g/mol. The molecular weight excluding hydrogens is 448 g/mol. The molecule has 1 fully saturated rings. The number of nitrogens with zero attached hydrogens (tertiary/aromatic N) is 2. The number of esters is 1. The van der Waals surface area contributed by atoms with Crippen LogP contribution < -0.4 is 0 Å². The second-order valence-electron chi connectivity index (χ2n) is 7.23. The summed E-state index contributed by atoms with van der Waals surface area (Å²) in [6.45, 7) is 3.70. The lowest BCUT2D eigenvalue weighted by Crippen LogP contribution is -2.48. The molecule has 2 aromatic rings. The third-order valence-corrected chi connectivity index (χ3v) is 6.98. The van der Waals surface area contributed by atoms with Gasteiger partial charge in [0.05, 0.1) is 27.7 Å². The normalized spacial score (nSPS) is 19.7. The van der Waals surface area contributed by atoms with Gasteiger partial charge < -0.3 is 9.47 Å². The summed E-state index contributed by atoms with van der Waals surface area (Å²) in [4.78, 5) is 22.6. The molecular formula is C20H21ClN2O7S. The Balaban J connectivity index is 1.79. The van der Waals surface area contributed by atoms with Gasteiger partial charge in [0.15, 0.2) is 0 Å². The van der Waals surface area contributed by atoms with Crippen molar-refractivity contribution in [3.05, 3.63) is 68.7 Å². The quantitative estimate of drug-likeness (QED) is 0.362. The smallest absolute Gasteiger partial charge is 0.338 e. The van der Waals surface area contributed by atoms with Crippen molar-refractivity contribution in [1.82, 2.24) is 4.31 Å². The van der Waals surface area contributed by atoms with E-state index in [1.807, 2.05) is 0 Å². The Hall–Kier alpha value is -2.53. The van der Waals surface area contributed by atoms with E-state index in [0.717, 1.165) is 0 Å². The van der Waals surface area contributed by atoms with Gasteiger partial charge in [-0.05, 0) is 37.6 Å². The number of nitro benzene ring substituents is 1. The van der Waals surface area contributed by atoms with Crippen LogP contribution in [-0.4, -0.2) is 48.9 Å². The zero-order chi connectivity index (χ0) is 22.8. The maximum Gasteiger partial charge on any atom is 0.338 e. The number of nitro groups is 1. The fraction of sp³-hybridized carbons (Fsp3) is 0.350. The zero-order valence-corrected chi connectivity index (χ0v) is 18.4. The molecule has 1 aliphatic rings. The number of halogens is 1. The van der Waals surface area contributed by atoms with Crippen LogP contribution in [0.15, 0.2) is 47.4 Å². The van der Waals surface area contributed by atoms with E-state index in [9.17, 15) is 23.3 Å². The average Bonchev–Trinajstić information content (AvgIpc) is 2.71. The van der Waals surface area contributed by atoms with E-state index < -0.39 is 20.9 Å². The molecule has 31 heavy (non-hydrogen) atoms. The Bertz CT molecular complexity index is 1100. The number of carbonyl (C=O) groups excluding carboxylic acids is 1. The van der Waals surface area contributed by atoms with Crippen molar-refractivity contribution in [2.75, 3.05) is 13.1 Å². The minimum Gasteiger partial charge on any atom is -0.457 e. The molecule has 2 aromatic carbocycles. The third kappa shape index (κ3) is 5.40. The second kappa shape index (κ2) is 9.31. The Kier molecular flexibility index (Phi) is 6.95. The van der Waals surface area contributed by atoms with Crippen molar-refractivity contribution in [3.63, 3.8) is 0 Å². The van der Waals surface area contributed by atoms with Crippen molar-refractivity contribution in [2.24, 2.45) is 0 Å². The number of carbonyl (C=O) groups is 1. The number of non-ortho nitro benzene ring substituents is 1. The number of benzene rings is 2. The van der Waals surface area contributed by atoms with Crippen LogP contribution in [0.5, 0.6) is 0 Å². The Morgan fingerprint density at radius 1 is 1.23 bits per heavy atom. The van der Waals surface area contributed by atoms with Crippen molar-refractivity contribution < 1.29 is 27.6 Å². The highest BCUT2D eigenvalue weighted by Crippen LogP contribution is 2.28. The zero-order valence-electron chi connectivity index (χ0n) is 16.9. The van der Waals surface area contributed by atoms with E-state index in [1.54, 1.807) is 19.9 Å². The van der Waals surface area contributed by atoms with Crippen molar-refractivity contribution >= 4 is 33.3 Å². The van der Waals surface area contributed by atoms with E-state index in [4.69, 9.17) is 21.1 Å². The lowest BCUT2D eigenvalue weighted by atomic mass is 10.2. The maximum absolute atomic E-state index is 13.1. The summed E-state index contributed by atoms with van der Waals surface area (Å²) in [5.41, 5.74) is 0.311. The number of rotatable bonds is 6.